The van der Waals surface area contributed by atoms with Crippen molar-refractivity contribution in [2.24, 2.45) is 0 Å². The third-order valence-corrected chi connectivity index (χ3v) is 2.90. The lowest BCUT2D eigenvalue weighted by atomic mass is 10.1. The molecule has 0 radical (unpaired) electrons. The molecule has 0 saturated carbocycles. The molecule has 0 bridgehead atoms. The molecule has 1 rings (SSSR count). The molecule has 0 N–H and O–H groups in total. The molecule has 5 nitrogen and oxygen atoms in total. The standard InChI is InChI=1S/C10H10BrNO4/c1-6-3-4-8(11)7(5-9(13)16-2)10(6)12(14)15/h3-4H,5H2,1-2H3. The monoisotopic (exact) mass is 287 g/mol. The van der Waals surface area contributed by atoms with E-state index in [0.29, 0.717) is 15.6 Å². The Morgan fingerprint density at radius 2 is 2.19 bits per heavy atom. The van der Waals surface area contributed by atoms with Crippen molar-refractivity contribution >= 4 is 27.6 Å². The van der Waals surface area contributed by atoms with E-state index in [4.69, 9.17) is 0 Å². The summed E-state index contributed by atoms with van der Waals surface area (Å²) >= 11 is 3.20. The molecule has 6 heteroatoms. The zero-order chi connectivity index (χ0) is 12.3. The van der Waals surface area contributed by atoms with Gasteiger partial charge in [-0.2, -0.15) is 0 Å². The van der Waals surface area contributed by atoms with Gasteiger partial charge in [-0.3, -0.25) is 14.9 Å². The number of ether oxygens (including phenoxy) is 1. The van der Waals surface area contributed by atoms with Crippen LogP contribution in [0.4, 0.5) is 5.69 Å². The number of nitrogens with zero attached hydrogens (tertiary/aromatic N) is 1. The second-order valence-electron chi connectivity index (χ2n) is 3.20. The van der Waals surface area contributed by atoms with Gasteiger partial charge >= 0.3 is 5.97 Å². The number of esters is 1. The van der Waals surface area contributed by atoms with E-state index in [1.54, 1.807) is 19.1 Å². The van der Waals surface area contributed by atoms with E-state index in [-0.39, 0.29) is 12.1 Å². The van der Waals surface area contributed by atoms with E-state index in [9.17, 15) is 14.9 Å². The first-order valence-electron chi connectivity index (χ1n) is 4.46. The van der Waals surface area contributed by atoms with Crippen molar-refractivity contribution < 1.29 is 14.5 Å². The minimum atomic E-state index is -0.505. The van der Waals surface area contributed by atoms with E-state index < -0.39 is 10.9 Å². The van der Waals surface area contributed by atoms with Crippen LogP contribution in [-0.2, 0) is 16.0 Å². The molecule has 0 atom stereocenters. The van der Waals surface area contributed by atoms with Crippen LogP contribution >= 0.6 is 15.9 Å². The van der Waals surface area contributed by atoms with Crippen LogP contribution in [0.1, 0.15) is 11.1 Å². The Hall–Kier alpha value is -1.43. The van der Waals surface area contributed by atoms with Gasteiger partial charge in [0.05, 0.1) is 24.0 Å². The highest BCUT2D eigenvalue weighted by atomic mass is 79.9. The highest BCUT2D eigenvalue weighted by Crippen LogP contribution is 2.30. The number of rotatable bonds is 3. The summed E-state index contributed by atoms with van der Waals surface area (Å²) in [6, 6.07) is 3.31. The van der Waals surface area contributed by atoms with Crippen LogP contribution in [0.5, 0.6) is 0 Å². The molecule has 0 amide bonds. The van der Waals surface area contributed by atoms with E-state index in [0.717, 1.165) is 0 Å². The number of methoxy groups -OCH3 is 1. The Bertz CT molecular complexity index is 445. The normalized spacial score (nSPS) is 9.94. The second-order valence-corrected chi connectivity index (χ2v) is 4.06. The Morgan fingerprint density at radius 3 is 2.69 bits per heavy atom. The number of carbonyl (C=O) groups excluding carboxylic acids is 1. The molecule has 16 heavy (non-hydrogen) atoms. The van der Waals surface area contributed by atoms with E-state index in [2.05, 4.69) is 20.7 Å². The maximum atomic E-state index is 11.2. The fourth-order valence-corrected chi connectivity index (χ4v) is 1.83. The molecular formula is C10H10BrNO4. The zero-order valence-electron chi connectivity index (χ0n) is 8.82. The highest BCUT2D eigenvalue weighted by molar-refractivity contribution is 9.10. The van der Waals surface area contributed by atoms with Crippen LogP contribution in [0.3, 0.4) is 0 Å². The van der Waals surface area contributed by atoms with Gasteiger partial charge in [0.15, 0.2) is 0 Å². The first kappa shape index (κ1) is 12.6. The molecule has 1 aromatic carbocycles. The summed E-state index contributed by atoms with van der Waals surface area (Å²) in [7, 11) is 1.25. The third kappa shape index (κ3) is 2.57. The lowest BCUT2D eigenvalue weighted by molar-refractivity contribution is -0.386. The minimum Gasteiger partial charge on any atom is -0.469 e. The summed E-state index contributed by atoms with van der Waals surface area (Å²) in [5, 5.41) is 10.9. The molecule has 86 valence electrons. The fraction of sp³-hybridized carbons (Fsp3) is 0.300. The van der Waals surface area contributed by atoms with Crippen molar-refractivity contribution in [3.63, 3.8) is 0 Å². The lowest BCUT2D eigenvalue weighted by Gasteiger charge is -2.06. The van der Waals surface area contributed by atoms with E-state index in [1.807, 2.05) is 0 Å². The molecule has 0 fully saturated rings. The van der Waals surface area contributed by atoms with Gasteiger partial charge in [-0.25, -0.2) is 0 Å². The molecule has 0 aliphatic rings. The number of hydrogen-bond donors (Lipinski definition) is 0. The molecule has 1 aromatic rings. The van der Waals surface area contributed by atoms with Crippen LogP contribution in [0.25, 0.3) is 0 Å². The van der Waals surface area contributed by atoms with Crippen LogP contribution in [0, 0.1) is 17.0 Å². The van der Waals surface area contributed by atoms with Gasteiger partial charge in [0, 0.05) is 10.0 Å². The average Bonchev–Trinajstić information content (AvgIpc) is 2.22. The van der Waals surface area contributed by atoms with Gasteiger partial charge in [-0.15, -0.1) is 0 Å². The molecule has 0 aromatic heterocycles. The second kappa shape index (κ2) is 5.07. The van der Waals surface area contributed by atoms with Gasteiger partial charge < -0.3 is 4.74 Å². The first-order chi connectivity index (χ1) is 7.47. The largest absolute Gasteiger partial charge is 0.469 e. The molecule has 0 saturated heterocycles. The summed E-state index contributed by atoms with van der Waals surface area (Å²) in [5.41, 5.74) is 0.823. The smallest absolute Gasteiger partial charge is 0.310 e. The maximum absolute atomic E-state index is 11.2. The average molecular weight is 288 g/mol. The third-order valence-electron chi connectivity index (χ3n) is 2.16. The van der Waals surface area contributed by atoms with Crippen molar-refractivity contribution in [1.82, 2.24) is 0 Å². The molecule has 0 aliphatic heterocycles. The molecule has 0 heterocycles. The number of nitro benzene ring substituents is 1. The lowest BCUT2D eigenvalue weighted by Crippen LogP contribution is -2.08. The van der Waals surface area contributed by atoms with Crippen LogP contribution in [-0.4, -0.2) is 18.0 Å². The van der Waals surface area contributed by atoms with Gasteiger partial charge in [-0.05, 0) is 13.0 Å². The van der Waals surface area contributed by atoms with Gasteiger partial charge in [0.2, 0.25) is 0 Å². The topological polar surface area (TPSA) is 69.4 Å². The predicted octanol–water partition coefficient (Wildman–Crippen LogP) is 2.38. The van der Waals surface area contributed by atoms with Crippen molar-refractivity contribution in [3.05, 3.63) is 37.8 Å². The SMILES string of the molecule is COC(=O)Cc1c(Br)ccc(C)c1[N+](=O)[O-]. The summed E-state index contributed by atoms with van der Waals surface area (Å²) in [6.07, 6.45) is -0.116. The number of halogens is 1. The Balaban J connectivity index is 3.28. The van der Waals surface area contributed by atoms with Crippen LogP contribution < -0.4 is 0 Å². The van der Waals surface area contributed by atoms with Crippen LogP contribution in [0.2, 0.25) is 0 Å². The Labute approximate surface area is 101 Å². The number of hydrogen-bond acceptors (Lipinski definition) is 4. The van der Waals surface area contributed by atoms with E-state index in [1.165, 1.54) is 7.11 Å². The fourth-order valence-electron chi connectivity index (χ4n) is 1.37. The molecule has 0 aliphatic carbocycles. The summed E-state index contributed by atoms with van der Waals surface area (Å²) in [5.74, 6) is -0.505. The van der Waals surface area contributed by atoms with Crippen molar-refractivity contribution in [2.75, 3.05) is 7.11 Å². The van der Waals surface area contributed by atoms with Crippen molar-refractivity contribution in [2.45, 2.75) is 13.3 Å². The number of carbonyl (C=O) groups is 1. The minimum absolute atomic E-state index is 0.0419. The van der Waals surface area contributed by atoms with Gasteiger partial charge in [-0.1, -0.05) is 22.0 Å². The zero-order valence-corrected chi connectivity index (χ0v) is 10.4. The van der Waals surface area contributed by atoms with Crippen molar-refractivity contribution in [1.29, 1.82) is 0 Å². The Morgan fingerprint density at radius 1 is 1.56 bits per heavy atom. The predicted molar refractivity (Wildman–Crippen MR) is 61.3 cm³/mol. The van der Waals surface area contributed by atoms with Crippen LogP contribution in [0.15, 0.2) is 16.6 Å². The molecular weight excluding hydrogens is 278 g/mol. The number of aryl methyl sites for hydroxylation is 1. The summed E-state index contributed by atoms with van der Waals surface area (Å²) in [4.78, 5) is 21.6. The van der Waals surface area contributed by atoms with Gasteiger partial charge in [0.1, 0.15) is 0 Å². The summed E-state index contributed by atoms with van der Waals surface area (Å²) in [6.45, 7) is 1.63. The number of nitro groups is 1. The molecule has 0 unspecified atom stereocenters. The quantitative estimate of drug-likeness (QED) is 0.486. The Kier molecular flexibility index (Phi) is 4.00. The highest BCUT2D eigenvalue weighted by Gasteiger charge is 2.22. The maximum Gasteiger partial charge on any atom is 0.310 e. The molecule has 0 spiro atoms. The van der Waals surface area contributed by atoms with E-state index >= 15 is 0 Å². The number of benzene rings is 1. The first-order valence-corrected chi connectivity index (χ1v) is 5.26. The van der Waals surface area contributed by atoms with Gasteiger partial charge in [0.25, 0.3) is 5.69 Å². The van der Waals surface area contributed by atoms with Crippen molar-refractivity contribution in [3.8, 4) is 0 Å². The summed E-state index contributed by atoms with van der Waals surface area (Å²) < 4.78 is 5.04.